The van der Waals surface area contributed by atoms with E-state index in [-0.39, 0.29) is 0 Å². The highest BCUT2D eigenvalue weighted by atomic mass is 14.8. The van der Waals surface area contributed by atoms with Crippen LogP contribution in [0.5, 0.6) is 0 Å². The maximum atomic E-state index is 3.51. The quantitative estimate of drug-likeness (QED) is 0.751. The summed E-state index contributed by atoms with van der Waals surface area (Å²) in [7, 11) is 0. The van der Waals surface area contributed by atoms with Crippen LogP contribution in [0.2, 0.25) is 0 Å². The van der Waals surface area contributed by atoms with Crippen molar-refractivity contribution in [3.8, 4) is 0 Å². The summed E-state index contributed by atoms with van der Waals surface area (Å²) in [5, 5.41) is 3.51. The highest BCUT2D eigenvalue weighted by Gasteiger charge is 2.11. The molecule has 1 aromatic carbocycles. The van der Waals surface area contributed by atoms with Crippen LogP contribution in [-0.2, 0) is 6.54 Å². The van der Waals surface area contributed by atoms with E-state index in [1.54, 1.807) is 5.57 Å². The van der Waals surface area contributed by atoms with Crippen LogP contribution >= 0.6 is 0 Å². The van der Waals surface area contributed by atoms with Gasteiger partial charge in [0.05, 0.1) is 0 Å². The Kier molecular flexibility index (Phi) is 4.38. The number of benzene rings is 1. The minimum atomic E-state index is 1.00. The summed E-state index contributed by atoms with van der Waals surface area (Å²) in [4.78, 5) is 0. The predicted molar refractivity (Wildman–Crippen MR) is 75.0 cm³/mol. The molecule has 0 heterocycles. The summed E-state index contributed by atoms with van der Waals surface area (Å²) < 4.78 is 0. The Hall–Kier alpha value is -1.08. The topological polar surface area (TPSA) is 12.0 Å². The predicted octanol–water partition coefficient (Wildman–Crippen LogP) is 4.06. The molecule has 1 aliphatic rings. The number of hydrogen-bond donors (Lipinski definition) is 1. The Morgan fingerprint density at radius 2 is 2.18 bits per heavy atom. The molecule has 1 aliphatic carbocycles. The van der Waals surface area contributed by atoms with E-state index in [0.29, 0.717) is 0 Å². The van der Waals surface area contributed by atoms with E-state index in [1.807, 2.05) is 0 Å². The molecule has 0 bridgehead atoms. The van der Waals surface area contributed by atoms with Crippen molar-refractivity contribution in [2.24, 2.45) is 0 Å². The lowest BCUT2D eigenvalue weighted by Crippen LogP contribution is -2.15. The van der Waals surface area contributed by atoms with Gasteiger partial charge < -0.3 is 5.32 Å². The van der Waals surface area contributed by atoms with E-state index in [1.165, 1.54) is 42.4 Å². The van der Waals surface area contributed by atoms with Crippen LogP contribution in [0, 0.1) is 6.92 Å². The first-order valence-electron chi connectivity index (χ1n) is 6.81. The second-order valence-corrected chi connectivity index (χ2v) is 4.96. The van der Waals surface area contributed by atoms with Gasteiger partial charge in [-0.2, -0.15) is 0 Å². The lowest BCUT2D eigenvalue weighted by atomic mass is 9.97. The highest BCUT2D eigenvalue weighted by molar-refractivity contribution is 5.70. The standard InChI is InChI=1S/C16H23N/c1-3-10-17-12-15-9-8-13(2)11-16(15)14-6-4-5-7-14/h6,8-9,11,17H,3-5,7,10,12H2,1-2H3. The minimum absolute atomic E-state index is 1.00. The third kappa shape index (κ3) is 3.19. The van der Waals surface area contributed by atoms with Gasteiger partial charge in [-0.05, 0) is 55.9 Å². The first kappa shape index (κ1) is 12.4. The van der Waals surface area contributed by atoms with Gasteiger partial charge in [0.25, 0.3) is 0 Å². The van der Waals surface area contributed by atoms with E-state index in [0.717, 1.165) is 13.1 Å². The molecule has 0 radical (unpaired) electrons. The second kappa shape index (κ2) is 6.02. The smallest absolute Gasteiger partial charge is 0.0211 e. The maximum Gasteiger partial charge on any atom is 0.0211 e. The van der Waals surface area contributed by atoms with E-state index in [2.05, 4.69) is 43.4 Å². The molecule has 1 N–H and O–H groups in total. The molecule has 0 saturated heterocycles. The third-order valence-corrected chi connectivity index (χ3v) is 3.39. The zero-order valence-corrected chi connectivity index (χ0v) is 11.1. The van der Waals surface area contributed by atoms with Gasteiger partial charge in [-0.25, -0.2) is 0 Å². The third-order valence-electron chi connectivity index (χ3n) is 3.39. The van der Waals surface area contributed by atoms with Crippen molar-refractivity contribution in [1.29, 1.82) is 0 Å². The summed E-state index contributed by atoms with van der Waals surface area (Å²) in [6, 6.07) is 6.86. The molecule has 0 aliphatic heterocycles. The van der Waals surface area contributed by atoms with Crippen molar-refractivity contribution in [2.75, 3.05) is 6.54 Å². The van der Waals surface area contributed by atoms with Crippen LogP contribution in [0.15, 0.2) is 24.3 Å². The number of nitrogens with one attached hydrogen (secondary N) is 1. The van der Waals surface area contributed by atoms with Crippen molar-refractivity contribution in [3.63, 3.8) is 0 Å². The Morgan fingerprint density at radius 3 is 2.88 bits per heavy atom. The monoisotopic (exact) mass is 229 g/mol. The van der Waals surface area contributed by atoms with Crippen molar-refractivity contribution >= 4 is 5.57 Å². The van der Waals surface area contributed by atoms with Crippen LogP contribution in [0.3, 0.4) is 0 Å². The molecule has 1 aromatic rings. The van der Waals surface area contributed by atoms with Gasteiger partial charge in [-0.1, -0.05) is 36.8 Å². The summed E-state index contributed by atoms with van der Waals surface area (Å²) in [6.45, 7) is 6.50. The number of rotatable bonds is 5. The molecule has 0 saturated carbocycles. The molecule has 0 atom stereocenters. The van der Waals surface area contributed by atoms with Gasteiger partial charge in [0, 0.05) is 6.54 Å². The van der Waals surface area contributed by atoms with E-state index < -0.39 is 0 Å². The van der Waals surface area contributed by atoms with Gasteiger partial charge in [0.15, 0.2) is 0 Å². The van der Waals surface area contributed by atoms with Crippen LogP contribution in [0.4, 0.5) is 0 Å². The Balaban J connectivity index is 2.18. The van der Waals surface area contributed by atoms with Gasteiger partial charge in [-0.3, -0.25) is 0 Å². The summed E-state index contributed by atoms with van der Waals surface area (Å²) >= 11 is 0. The fourth-order valence-corrected chi connectivity index (χ4v) is 2.46. The molecule has 1 heteroatoms. The second-order valence-electron chi connectivity index (χ2n) is 4.96. The molecule has 0 aromatic heterocycles. The molecular weight excluding hydrogens is 206 g/mol. The van der Waals surface area contributed by atoms with Gasteiger partial charge in [-0.15, -0.1) is 0 Å². The Morgan fingerprint density at radius 1 is 1.29 bits per heavy atom. The number of allylic oxidation sites excluding steroid dienone is 2. The lowest BCUT2D eigenvalue weighted by Gasteiger charge is -2.12. The summed E-state index contributed by atoms with van der Waals surface area (Å²) in [5.74, 6) is 0. The number of aryl methyl sites for hydroxylation is 1. The van der Waals surface area contributed by atoms with Crippen LogP contribution in [0.1, 0.15) is 49.3 Å². The summed E-state index contributed by atoms with van der Waals surface area (Å²) in [5.41, 5.74) is 5.86. The van der Waals surface area contributed by atoms with Crippen molar-refractivity contribution < 1.29 is 0 Å². The molecule has 2 rings (SSSR count). The zero-order chi connectivity index (χ0) is 12.1. The Bertz CT molecular complexity index is 404. The normalized spacial score (nSPS) is 15.1. The lowest BCUT2D eigenvalue weighted by molar-refractivity contribution is 0.674. The van der Waals surface area contributed by atoms with Crippen molar-refractivity contribution in [3.05, 3.63) is 41.0 Å². The molecule has 0 fully saturated rings. The van der Waals surface area contributed by atoms with E-state index in [9.17, 15) is 0 Å². The van der Waals surface area contributed by atoms with Gasteiger partial charge in [0.1, 0.15) is 0 Å². The molecule has 1 nitrogen and oxygen atoms in total. The average molecular weight is 229 g/mol. The van der Waals surface area contributed by atoms with Gasteiger partial charge in [0.2, 0.25) is 0 Å². The molecule has 0 amide bonds. The SMILES string of the molecule is CCCNCc1ccc(C)cc1C1=CCCC1. The maximum absolute atomic E-state index is 3.51. The molecule has 0 spiro atoms. The van der Waals surface area contributed by atoms with Crippen molar-refractivity contribution in [1.82, 2.24) is 5.32 Å². The Labute approximate surface area is 105 Å². The molecule has 17 heavy (non-hydrogen) atoms. The average Bonchev–Trinajstić information content (AvgIpc) is 2.85. The van der Waals surface area contributed by atoms with Crippen LogP contribution in [0.25, 0.3) is 5.57 Å². The van der Waals surface area contributed by atoms with Gasteiger partial charge >= 0.3 is 0 Å². The first-order valence-corrected chi connectivity index (χ1v) is 6.81. The number of hydrogen-bond acceptors (Lipinski definition) is 1. The largest absolute Gasteiger partial charge is 0.313 e. The minimum Gasteiger partial charge on any atom is -0.313 e. The van der Waals surface area contributed by atoms with Crippen LogP contribution < -0.4 is 5.32 Å². The molecule has 0 unspecified atom stereocenters. The van der Waals surface area contributed by atoms with Crippen LogP contribution in [-0.4, -0.2) is 6.54 Å². The summed E-state index contributed by atoms with van der Waals surface area (Å²) in [6.07, 6.45) is 7.45. The van der Waals surface area contributed by atoms with E-state index >= 15 is 0 Å². The molecule has 92 valence electrons. The van der Waals surface area contributed by atoms with Crippen molar-refractivity contribution in [2.45, 2.75) is 46.1 Å². The first-order chi connectivity index (χ1) is 8.31. The highest BCUT2D eigenvalue weighted by Crippen LogP contribution is 2.30. The molecular formula is C16H23N. The fourth-order valence-electron chi connectivity index (χ4n) is 2.46. The zero-order valence-electron chi connectivity index (χ0n) is 11.1. The van der Waals surface area contributed by atoms with E-state index in [4.69, 9.17) is 0 Å². The fraction of sp³-hybridized carbons (Fsp3) is 0.500.